The lowest BCUT2D eigenvalue weighted by Gasteiger charge is -2.23. The number of pyridine rings is 1. The van der Waals surface area contributed by atoms with E-state index in [1.54, 1.807) is 30.6 Å². The van der Waals surface area contributed by atoms with E-state index >= 15 is 0 Å². The van der Waals surface area contributed by atoms with Gasteiger partial charge in [-0.25, -0.2) is 0 Å². The molecule has 2 aromatic rings. The number of rotatable bonds is 5. The molecule has 1 aliphatic rings. The van der Waals surface area contributed by atoms with Gasteiger partial charge in [-0.15, -0.1) is 0 Å². The van der Waals surface area contributed by atoms with E-state index in [0.717, 1.165) is 12.1 Å². The van der Waals surface area contributed by atoms with Crippen LogP contribution in [0.25, 0.3) is 0 Å². The lowest BCUT2D eigenvalue weighted by Crippen LogP contribution is -2.40. The molecule has 1 unspecified atom stereocenters. The molecule has 1 saturated heterocycles. The summed E-state index contributed by atoms with van der Waals surface area (Å²) in [6, 6.07) is 8.72. The molecule has 0 spiro atoms. The van der Waals surface area contributed by atoms with Crippen molar-refractivity contribution in [2.24, 2.45) is 0 Å². The van der Waals surface area contributed by atoms with Crippen molar-refractivity contribution < 1.29 is 14.3 Å². The molecule has 7 nitrogen and oxygen atoms in total. The van der Waals surface area contributed by atoms with Gasteiger partial charge in [0.15, 0.2) is 0 Å². The highest BCUT2D eigenvalue weighted by Gasteiger charge is 2.17. The normalized spacial score (nSPS) is 16.7. The number of amides is 2. The first-order valence-electron chi connectivity index (χ1n) is 8.56. The number of anilines is 2. The molecule has 26 heavy (non-hydrogen) atoms. The number of carbonyl (C=O) groups excluding carboxylic acids is 2. The fourth-order valence-corrected chi connectivity index (χ4v) is 2.70. The molecule has 136 valence electrons. The Kier molecular flexibility index (Phi) is 5.93. The average molecular weight is 354 g/mol. The molecule has 0 saturated carbocycles. The van der Waals surface area contributed by atoms with Crippen molar-refractivity contribution in [1.29, 1.82) is 0 Å². The Morgan fingerprint density at radius 1 is 1.23 bits per heavy atom. The van der Waals surface area contributed by atoms with Crippen LogP contribution in [0.5, 0.6) is 0 Å². The molecule has 1 aliphatic heterocycles. The monoisotopic (exact) mass is 354 g/mol. The molecule has 0 bridgehead atoms. The van der Waals surface area contributed by atoms with Crippen LogP contribution in [0.3, 0.4) is 0 Å². The van der Waals surface area contributed by atoms with Crippen molar-refractivity contribution in [3.63, 3.8) is 0 Å². The number of aryl methyl sites for hydroxylation is 1. The maximum absolute atomic E-state index is 12.3. The maximum atomic E-state index is 12.3. The first-order valence-corrected chi connectivity index (χ1v) is 8.56. The molecule has 3 N–H and O–H groups in total. The van der Waals surface area contributed by atoms with E-state index < -0.39 is 0 Å². The fraction of sp³-hybridized carbons (Fsp3) is 0.316. The number of hydrogen-bond acceptors (Lipinski definition) is 5. The van der Waals surface area contributed by atoms with Crippen LogP contribution in [0, 0.1) is 6.92 Å². The van der Waals surface area contributed by atoms with Crippen LogP contribution in [0.1, 0.15) is 22.3 Å². The Morgan fingerprint density at radius 3 is 2.77 bits per heavy atom. The highest BCUT2D eigenvalue weighted by Crippen LogP contribution is 2.21. The minimum Gasteiger partial charge on any atom is -0.375 e. The third-order valence-corrected chi connectivity index (χ3v) is 4.13. The van der Waals surface area contributed by atoms with Gasteiger partial charge in [-0.2, -0.15) is 0 Å². The summed E-state index contributed by atoms with van der Waals surface area (Å²) >= 11 is 0. The number of nitrogens with one attached hydrogen (secondary N) is 3. The first-order chi connectivity index (χ1) is 12.6. The van der Waals surface area contributed by atoms with E-state index in [1.807, 2.05) is 19.1 Å². The quantitative estimate of drug-likeness (QED) is 0.763. The molecule has 2 heterocycles. The Bertz CT molecular complexity index is 774. The standard InChI is InChI=1S/C19H22N4O3/c1-13-2-3-15(22-18(24)11-16-12-21-8-9-26-16)10-17(13)23-19(25)14-4-6-20-7-5-14/h2-7,10,16,21H,8-9,11-12H2,1H3,(H,22,24)(H,23,25). The van der Waals surface area contributed by atoms with Crippen LogP contribution >= 0.6 is 0 Å². The fourth-order valence-electron chi connectivity index (χ4n) is 2.70. The number of nitrogens with zero attached hydrogens (tertiary/aromatic N) is 1. The minimum absolute atomic E-state index is 0.111. The van der Waals surface area contributed by atoms with Crippen LogP contribution < -0.4 is 16.0 Å². The minimum atomic E-state index is -0.222. The summed E-state index contributed by atoms with van der Waals surface area (Å²) in [6.07, 6.45) is 3.32. The van der Waals surface area contributed by atoms with Gasteiger partial charge in [-0.3, -0.25) is 14.6 Å². The Hall–Kier alpha value is -2.77. The molecule has 1 fully saturated rings. The zero-order valence-electron chi connectivity index (χ0n) is 14.6. The SMILES string of the molecule is Cc1ccc(NC(=O)CC2CNCCO2)cc1NC(=O)c1ccncc1. The van der Waals surface area contributed by atoms with Gasteiger partial charge >= 0.3 is 0 Å². The van der Waals surface area contributed by atoms with Gasteiger partial charge in [0.25, 0.3) is 5.91 Å². The van der Waals surface area contributed by atoms with Crippen molar-refractivity contribution in [2.75, 3.05) is 30.3 Å². The summed E-state index contributed by atoms with van der Waals surface area (Å²) in [5.74, 6) is -0.338. The molecule has 1 atom stereocenters. The largest absolute Gasteiger partial charge is 0.375 e. The second-order valence-corrected chi connectivity index (χ2v) is 6.17. The van der Waals surface area contributed by atoms with Gasteiger partial charge in [0.2, 0.25) is 5.91 Å². The Morgan fingerprint density at radius 2 is 2.04 bits per heavy atom. The zero-order chi connectivity index (χ0) is 18.4. The average Bonchev–Trinajstić information content (AvgIpc) is 2.66. The van der Waals surface area contributed by atoms with Crippen molar-refractivity contribution in [3.05, 3.63) is 53.9 Å². The number of benzene rings is 1. The van der Waals surface area contributed by atoms with Crippen molar-refractivity contribution in [3.8, 4) is 0 Å². The Labute approximate surface area is 152 Å². The topological polar surface area (TPSA) is 92.4 Å². The number of aromatic nitrogens is 1. The summed E-state index contributed by atoms with van der Waals surface area (Å²) in [5, 5.41) is 8.93. The molecule has 7 heteroatoms. The van der Waals surface area contributed by atoms with E-state index in [-0.39, 0.29) is 17.9 Å². The van der Waals surface area contributed by atoms with Gasteiger partial charge in [0.1, 0.15) is 0 Å². The molecular weight excluding hydrogens is 332 g/mol. The van der Waals surface area contributed by atoms with Gasteiger partial charge in [0, 0.05) is 42.4 Å². The zero-order valence-corrected chi connectivity index (χ0v) is 14.6. The van der Waals surface area contributed by atoms with Gasteiger partial charge in [-0.1, -0.05) is 6.07 Å². The van der Waals surface area contributed by atoms with E-state index in [9.17, 15) is 9.59 Å². The van der Waals surface area contributed by atoms with Crippen molar-refractivity contribution in [1.82, 2.24) is 10.3 Å². The molecule has 1 aromatic heterocycles. The van der Waals surface area contributed by atoms with Gasteiger partial charge in [-0.05, 0) is 36.8 Å². The molecule has 0 aliphatic carbocycles. The van der Waals surface area contributed by atoms with Gasteiger partial charge in [0.05, 0.1) is 19.1 Å². The van der Waals surface area contributed by atoms with Crippen LogP contribution in [0.15, 0.2) is 42.7 Å². The summed E-state index contributed by atoms with van der Waals surface area (Å²) in [5.41, 5.74) is 2.72. The molecule has 0 radical (unpaired) electrons. The third-order valence-electron chi connectivity index (χ3n) is 4.13. The molecular formula is C19H22N4O3. The number of morpholine rings is 1. The summed E-state index contributed by atoms with van der Waals surface area (Å²) in [6.45, 7) is 4.01. The van der Waals surface area contributed by atoms with E-state index in [2.05, 4.69) is 20.9 Å². The molecule has 1 aromatic carbocycles. The number of hydrogen-bond donors (Lipinski definition) is 3. The lowest BCUT2D eigenvalue weighted by molar-refractivity contribution is -0.119. The summed E-state index contributed by atoms with van der Waals surface area (Å²) in [4.78, 5) is 28.4. The first kappa shape index (κ1) is 18.0. The number of ether oxygens (including phenoxy) is 1. The second-order valence-electron chi connectivity index (χ2n) is 6.17. The summed E-state index contributed by atoms with van der Waals surface area (Å²) in [7, 11) is 0. The highest BCUT2D eigenvalue weighted by atomic mass is 16.5. The van der Waals surface area contributed by atoms with Crippen LogP contribution in [-0.4, -0.2) is 42.6 Å². The smallest absolute Gasteiger partial charge is 0.255 e. The summed E-state index contributed by atoms with van der Waals surface area (Å²) < 4.78 is 5.55. The van der Waals surface area contributed by atoms with Crippen LogP contribution in [0.4, 0.5) is 11.4 Å². The van der Waals surface area contributed by atoms with Crippen molar-refractivity contribution in [2.45, 2.75) is 19.4 Å². The lowest BCUT2D eigenvalue weighted by atomic mass is 10.1. The van der Waals surface area contributed by atoms with E-state index in [0.29, 0.717) is 36.5 Å². The third kappa shape index (κ3) is 4.87. The van der Waals surface area contributed by atoms with Crippen LogP contribution in [-0.2, 0) is 9.53 Å². The van der Waals surface area contributed by atoms with Crippen molar-refractivity contribution >= 4 is 23.2 Å². The van der Waals surface area contributed by atoms with Crippen LogP contribution in [0.2, 0.25) is 0 Å². The Balaban J connectivity index is 1.63. The van der Waals surface area contributed by atoms with E-state index in [4.69, 9.17) is 4.74 Å². The second kappa shape index (κ2) is 8.55. The predicted octanol–water partition coefficient (Wildman–Crippen LogP) is 1.96. The maximum Gasteiger partial charge on any atom is 0.255 e. The van der Waals surface area contributed by atoms with E-state index in [1.165, 1.54) is 0 Å². The molecule has 3 rings (SSSR count). The molecule has 2 amide bonds. The predicted molar refractivity (Wildman–Crippen MR) is 99.2 cm³/mol. The highest BCUT2D eigenvalue weighted by molar-refractivity contribution is 6.05. The number of carbonyl (C=O) groups is 2. The van der Waals surface area contributed by atoms with Gasteiger partial charge < -0.3 is 20.7 Å².